The zero-order valence-electron chi connectivity index (χ0n) is 11.2. The molecule has 0 bridgehead atoms. The number of carboxylic acid groups (broad SMARTS) is 1. The molecule has 0 aromatic heterocycles. The van der Waals surface area contributed by atoms with Crippen LogP contribution in [0.5, 0.6) is 5.75 Å². The molecule has 1 N–H and O–H groups in total. The Kier molecular flexibility index (Phi) is 3.33. The molecular formula is C15H20O3. The van der Waals surface area contributed by atoms with Crippen LogP contribution in [0.4, 0.5) is 0 Å². The second kappa shape index (κ2) is 4.63. The van der Waals surface area contributed by atoms with Crippen molar-refractivity contribution in [3.05, 3.63) is 28.8 Å². The Labute approximate surface area is 108 Å². The average molecular weight is 248 g/mol. The monoisotopic (exact) mass is 248 g/mol. The smallest absolute Gasteiger partial charge is 0.314 e. The Balaban J connectivity index is 2.59. The van der Waals surface area contributed by atoms with E-state index in [0.29, 0.717) is 0 Å². The van der Waals surface area contributed by atoms with Gasteiger partial charge in [0.25, 0.3) is 0 Å². The number of carbonyl (C=O) groups is 1. The molecule has 0 saturated heterocycles. The predicted molar refractivity (Wildman–Crippen MR) is 70.2 cm³/mol. The Bertz CT molecular complexity index is 471. The lowest BCUT2D eigenvalue weighted by atomic mass is 9.76. The molecule has 1 aliphatic rings. The average Bonchev–Trinajstić information content (AvgIpc) is 2.80. The van der Waals surface area contributed by atoms with Crippen LogP contribution in [0.2, 0.25) is 0 Å². The van der Waals surface area contributed by atoms with Crippen LogP contribution in [0, 0.1) is 13.8 Å². The van der Waals surface area contributed by atoms with Crippen molar-refractivity contribution in [3.63, 3.8) is 0 Å². The van der Waals surface area contributed by atoms with Crippen molar-refractivity contribution in [3.8, 4) is 5.75 Å². The van der Waals surface area contributed by atoms with Gasteiger partial charge in [-0.05, 0) is 43.4 Å². The van der Waals surface area contributed by atoms with Crippen molar-refractivity contribution >= 4 is 5.97 Å². The Morgan fingerprint density at radius 1 is 1.28 bits per heavy atom. The molecule has 0 spiro atoms. The summed E-state index contributed by atoms with van der Waals surface area (Å²) in [6, 6.07) is 3.93. The van der Waals surface area contributed by atoms with Gasteiger partial charge in [-0.3, -0.25) is 4.79 Å². The van der Waals surface area contributed by atoms with Crippen molar-refractivity contribution in [2.45, 2.75) is 44.9 Å². The number of methoxy groups -OCH3 is 1. The van der Waals surface area contributed by atoms with E-state index in [1.54, 1.807) is 7.11 Å². The summed E-state index contributed by atoms with van der Waals surface area (Å²) >= 11 is 0. The van der Waals surface area contributed by atoms with Gasteiger partial charge in [0.05, 0.1) is 12.5 Å². The number of rotatable bonds is 3. The minimum Gasteiger partial charge on any atom is -0.496 e. The number of aliphatic carboxylic acids is 1. The van der Waals surface area contributed by atoms with Crippen LogP contribution in [0.25, 0.3) is 0 Å². The first-order chi connectivity index (χ1) is 8.53. The maximum Gasteiger partial charge on any atom is 0.314 e. The van der Waals surface area contributed by atoms with E-state index in [9.17, 15) is 9.90 Å². The van der Waals surface area contributed by atoms with Gasteiger partial charge in [-0.25, -0.2) is 0 Å². The fourth-order valence-corrected chi connectivity index (χ4v) is 3.24. The first-order valence-electron chi connectivity index (χ1n) is 6.41. The number of hydrogen-bond acceptors (Lipinski definition) is 2. The first-order valence-corrected chi connectivity index (χ1v) is 6.41. The molecule has 3 heteroatoms. The molecule has 1 fully saturated rings. The molecule has 0 aliphatic heterocycles. The summed E-state index contributed by atoms with van der Waals surface area (Å²) in [4.78, 5) is 11.7. The zero-order chi connectivity index (χ0) is 13.3. The van der Waals surface area contributed by atoms with E-state index in [4.69, 9.17) is 4.74 Å². The lowest BCUT2D eigenvalue weighted by Gasteiger charge is -2.27. The predicted octanol–water partition coefficient (Wildman–Crippen LogP) is 3.21. The van der Waals surface area contributed by atoms with E-state index in [0.717, 1.165) is 48.1 Å². The third kappa shape index (κ3) is 1.78. The van der Waals surface area contributed by atoms with Crippen LogP contribution in [0.3, 0.4) is 0 Å². The molecule has 0 unspecified atom stereocenters. The van der Waals surface area contributed by atoms with Gasteiger partial charge in [-0.1, -0.05) is 25.0 Å². The normalized spacial score (nSPS) is 17.7. The summed E-state index contributed by atoms with van der Waals surface area (Å²) in [6.45, 7) is 3.95. The molecule has 0 heterocycles. The Morgan fingerprint density at radius 3 is 2.39 bits per heavy atom. The molecule has 1 saturated carbocycles. The van der Waals surface area contributed by atoms with E-state index < -0.39 is 11.4 Å². The Hall–Kier alpha value is -1.51. The van der Waals surface area contributed by atoms with Crippen LogP contribution in [-0.4, -0.2) is 18.2 Å². The van der Waals surface area contributed by atoms with Crippen LogP contribution < -0.4 is 4.74 Å². The highest BCUT2D eigenvalue weighted by Crippen LogP contribution is 2.44. The highest BCUT2D eigenvalue weighted by molar-refractivity contribution is 5.82. The second-order valence-electron chi connectivity index (χ2n) is 5.18. The van der Waals surface area contributed by atoms with Crippen molar-refractivity contribution < 1.29 is 14.6 Å². The van der Waals surface area contributed by atoms with E-state index in [2.05, 4.69) is 0 Å². The molecule has 0 atom stereocenters. The van der Waals surface area contributed by atoms with Crippen molar-refractivity contribution in [2.75, 3.05) is 7.11 Å². The number of benzene rings is 1. The number of carboxylic acids is 1. The fraction of sp³-hybridized carbons (Fsp3) is 0.533. The molecule has 1 aliphatic carbocycles. The maximum absolute atomic E-state index is 11.7. The minimum atomic E-state index is -0.703. The van der Waals surface area contributed by atoms with E-state index in [1.807, 2.05) is 26.0 Å². The third-order valence-corrected chi connectivity index (χ3v) is 4.19. The van der Waals surface area contributed by atoms with Crippen molar-refractivity contribution in [1.82, 2.24) is 0 Å². The SMILES string of the molecule is COc1c(C)ccc(C2(C(=O)O)CCCC2)c1C. The molecule has 98 valence electrons. The second-order valence-corrected chi connectivity index (χ2v) is 5.18. The summed E-state index contributed by atoms with van der Waals surface area (Å²) in [7, 11) is 1.64. The summed E-state index contributed by atoms with van der Waals surface area (Å²) in [6.07, 6.45) is 3.44. The Morgan fingerprint density at radius 2 is 1.89 bits per heavy atom. The molecule has 3 nitrogen and oxygen atoms in total. The molecule has 18 heavy (non-hydrogen) atoms. The molecule has 2 rings (SSSR count). The largest absolute Gasteiger partial charge is 0.496 e. The van der Waals surface area contributed by atoms with Gasteiger partial charge >= 0.3 is 5.97 Å². The quantitative estimate of drug-likeness (QED) is 0.893. The van der Waals surface area contributed by atoms with E-state index in [1.165, 1.54) is 0 Å². The first kappa shape index (κ1) is 12.9. The highest BCUT2D eigenvalue weighted by Gasteiger charge is 2.44. The van der Waals surface area contributed by atoms with Crippen LogP contribution in [0.15, 0.2) is 12.1 Å². The van der Waals surface area contributed by atoms with Crippen LogP contribution >= 0.6 is 0 Å². The van der Waals surface area contributed by atoms with Gasteiger partial charge in [-0.15, -0.1) is 0 Å². The number of hydrogen-bond donors (Lipinski definition) is 1. The summed E-state index contributed by atoms with van der Waals surface area (Å²) < 4.78 is 5.41. The van der Waals surface area contributed by atoms with Gasteiger partial charge in [0.1, 0.15) is 5.75 Å². The summed E-state index contributed by atoms with van der Waals surface area (Å²) in [5.74, 6) is 0.119. The molecule has 0 radical (unpaired) electrons. The third-order valence-electron chi connectivity index (χ3n) is 4.19. The zero-order valence-corrected chi connectivity index (χ0v) is 11.2. The van der Waals surface area contributed by atoms with Gasteiger partial charge in [0.2, 0.25) is 0 Å². The van der Waals surface area contributed by atoms with E-state index >= 15 is 0 Å². The summed E-state index contributed by atoms with van der Waals surface area (Å²) in [5.41, 5.74) is 2.25. The topological polar surface area (TPSA) is 46.5 Å². The van der Waals surface area contributed by atoms with Crippen molar-refractivity contribution in [1.29, 1.82) is 0 Å². The lowest BCUT2D eigenvalue weighted by Crippen LogP contribution is -2.33. The lowest BCUT2D eigenvalue weighted by molar-refractivity contribution is -0.143. The summed E-state index contributed by atoms with van der Waals surface area (Å²) in [5, 5.41) is 9.63. The van der Waals surface area contributed by atoms with Gasteiger partial charge in [0, 0.05) is 0 Å². The van der Waals surface area contributed by atoms with Crippen LogP contribution in [-0.2, 0) is 10.2 Å². The number of aryl methyl sites for hydroxylation is 1. The maximum atomic E-state index is 11.7. The van der Waals surface area contributed by atoms with E-state index in [-0.39, 0.29) is 0 Å². The molecule has 0 amide bonds. The highest BCUT2D eigenvalue weighted by atomic mass is 16.5. The molecule has 1 aromatic carbocycles. The molecule has 1 aromatic rings. The van der Waals surface area contributed by atoms with Crippen LogP contribution in [0.1, 0.15) is 42.4 Å². The van der Waals surface area contributed by atoms with Gasteiger partial charge in [-0.2, -0.15) is 0 Å². The van der Waals surface area contributed by atoms with Gasteiger partial charge < -0.3 is 9.84 Å². The molecular weight excluding hydrogens is 228 g/mol. The van der Waals surface area contributed by atoms with Crippen molar-refractivity contribution in [2.24, 2.45) is 0 Å². The minimum absolute atomic E-state index is 0.700. The standard InChI is InChI=1S/C15H20O3/c1-10-6-7-12(11(2)13(10)18-3)15(14(16)17)8-4-5-9-15/h6-7H,4-5,8-9H2,1-3H3,(H,16,17). The van der Waals surface area contributed by atoms with Gasteiger partial charge in [0.15, 0.2) is 0 Å². The fourth-order valence-electron chi connectivity index (χ4n) is 3.24. The number of ether oxygens (including phenoxy) is 1.